The molecule has 0 spiro atoms. The number of aryl methyl sites for hydroxylation is 1. The first-order valence-corrected chi connectivity index (χ1v) is 6.61. The van der Waals surface area contributed by atoms with Crippen LogP contribution in [-0.4, -0.2) is 25.4 Å². The molecule has 0 bridgehead atoms. The largest absolute Gasteiger partial charge is 0.249 e. The van der Waals surface area contributed by atoms with Crippen LogP contribution in [0.2, 0.25) is 0 Å². The Morgan fingerprint density at radius 3 is 2.77 bits per heavy atom. The van der Waals surface area contributed by atoms with Crippen molar-refractivity contribution in [2.45, 2.75) is 6.42 Å². The summed E-state index contributed by atoms with van der Waals surface area (Å²) in [7, 11) is -2.87. The van der Waals surface area contributed by atoms with Gasteiger partial charge in [0.2, 0.25) is 0 Å². The zero-order valence-electron chi connectivity index (χ0n) is 7.20. The van der Waals surface area contributed by atoms with Crippen LogP contribution in [0.4, 0.5) is 0 Å². The molecular weight excluding hydrogens is 254 g/mol. The Morgan fingerprint density at radius 2 is 2.23 bits per heavy atom. The minimum atomic E-state index is -2.87. The minimum Gasteiger partial charge on any atom is -0.249 e. The molecule has 1 heterocycles. The maximum absolute atomic E-state index is 10.9. The van der Waals surface area contributed by atoms with Crippen LogP contribution in [0.15, 0.2) is 22.9 Å². The maximum atomic E-state index is 10.9. The van der Waals surface area contributed by atoms with Crippen molar-refractivity contribution in [2.24, 2.45) is 0 Å². The summed E-state index contributed by atoms with van der Waals surface area (Å²) in [4.78, 5) is 3.95. The first-order chi connectivity index (χ1) is 5.97. The molecule has 0 aliphatic heterocycles. The summed E-state index contributed by atoms with van der Waals surface area (Å²) in [5.74, 6) is 0.184. The fraction of sp³-hybridized carbons (Fsp3) is 0.375. The molecule has 0 saturated heterocycles. The molecule has 0 aliphatic carbocycles. The van der Waals surface area contributed by atoms with E-state index in [1.165, 1.54) is 6.26 Å². The highest BCUT2D eigenvalue weighted by Crippen LogP contribution is 2.08. The third kappa shape index (κ3) is 4.38. The zero-order chi connectivity index (χ0) is 9.90. The van der Waals surface area contributed by atoms with Gasteiger partial charge in [-0.2, -0.15) is 0 Å². The molecule has 0 N–H and O–H groups in total. The number of sulfone groups is 1. The Bertz CT molecular complexity index is 389. The molecule has 0 saturated carbocycles. The van der Waals surface area contributed by atoms with E-state index < -0.39 is 9.84 Å². The average Bonchev–Trinajstić information content (AvgIpc) is 2.00. The molecular formula is C8H10BrNO2S. The van der Waals surface area contributed by atoms with Crippen LogP contribution in [-0.2, 0) is 16.3 Å². The molecule has 0 atom stereocenters. The van der Waals surface area contributed by atoms with Crippen LogP contribution in [0, 0.1) is 0 Å². The molecule has 0 aliphatic rings. The SMILES string of the molecule is CS(=O)(=O)CCc1ccnc(Br)c1. The predicted octanol–water partition coefficient (Wildman–Crippen LogP) is 1.43. The quantitative estimate of drug-likeness (QED) is 0.776. The number of hydrogen-bond acceptors (Lipinski definition) is 3. The zero-order valence-corrected chi connectivity index (χ0v) is 9.60. The molecule has 13 heavy (non-hydrogen) atoms. The lowest BCUT2D eigenvalue weighted by molar-refractivity contribution is 0.601. The van der Waals surface area contributed by atoms with Gasteiger partial charge < -0.3 is 0 Å². The van der Waals surface area contributed by atoms with Crippen LogP contribution < -0.4 is 0 Å². The first-order valence-electron chi connectivity index (χ1n) is 3.75. The van der Waals surface area contributed by atoms with Crippen LogP contribution >= 0.6 is 15.9 Å². The van der Waals surface area contributed by atoms with E-state index in [0.717, 1.165) is 10.2 Å². The van der Waals surface area contributed by atoms with E-state index in [1.54, 1.807) is 6.20 Å². The third-order valence-corrected chi connectivity index (χ3v) is 2.93. The summed E-state index contributed by atoms with van der Waals surface area (Å²) in [6.45, 7) is 0. The lowest BCUT2D eigenvalue weighted by atomic mass is 10.2. The van der Waals surface area contributed by atoms with E-state index in [1.807, 2.05) is 12.1 Å². The molecule has 0 fully saturated rings. The highest BCUT2D eigenvalue weighted by atomic mass is 79.9. The Balaban J connectivity index is 2.65. The van der Waals surface area contributed by atoms with E-state index in [2.05, 4.69) is 20.9 Å². The minimum absolute atomic E-state index is 0.184. The second-order valence-electron chi connectivity index (χ2n) is 2.87. The Morgan fingerprint density at radius 1 is 1.54 bits per heavy atom. The number of hydrogen-bond donors (Lipinski definition) is 0. The number of aromatic nitrogens is 1. The summed E-state index contributed by atoms with van der Waals surface area (Å²) in [6, 6.07) is 3.64. The van der Waals surface area contributed by atoms with E-state index in [4.69, 9.17) is 0 Å². The average molecular weight is 264 g/mol. The Hall–Kier alpha value is -0.420. The lowest BCUT2D eigenvalue weighted by Crippen LogP contribution is -2.05. The van der Waals surface area contributed by atoms with Gasteiger partial charge in [0.25, 0.3) is 0 Å². The lowest BCUT2D eigenvalue weighted by Gasteiger charge is -1.99. The van der Waals surface area contributed by atoms with Gasteiger partial charge in [-0.25, -0.2) is 13.4 Å². The molecule has 0 aromatic carbocycles. The van der Waals surface area contributed by atoms with Crippen molar-refractivity contribution in [3.63, 3.8) is 0 Å². The van der Waals surface area contributed by atoms with Crippen molar-refractivity contribution < 1.29 is 8.42 Å². The third-order valence-electron chi connectivity index (χ3n) is 1.55. The van der Waals surface area contributed by atoms with Gasteiger partial charge in [0, 0.05) is 12.5 Å². The van der Waals surface area contributed by atoms with Crippen LogP contribution in [0.25, 0.3) is 0 Å². The smallest absolute Gasteiger partial charge is 0.147 e. The summed E-state index contributed by atoms with van der Waals surface area (Å²) in [5, 5.41) is 0. The van der Waals surface area contributed by atoms with Crippen molar-refractivity contribution in [3.05, 3.63) is 28.5 Å². The predicted molar refractivity (Wildman–Crippen MR) is 55.4 cm³/mol. The first kappa shape index (κ1) is 10.7. The molecule has 5 heteroatoms. The Labute approximate surface area is 86.2 Å². The van der Waals surface area contributed by atoms with Crippen molar-refractivity contribution >= 4 is 25.8 Å². The number of rotatable bonds is 3. The fourth-order valence-corrected chi connectivity index (χ4v) is 1.92. The second kappa shape index (κ2) is 4.19. The summed E-state index contributed by atoms with van der Waals surface area (Å²) >= 11 is 3.22. The van der Waals surface area contributed by atoms with Gasteiger partial charge in [0.1, 0.15) is 14.4 Å². The maximum Gasteiger partial charge on any atom is 0.147 e. The van der Waals surface area contributed by atoms with E-state index in [-0.39, 0.29) is 5.75 Å². The van der Waals surface area contributed by atoms with Crippen molar-refractivity contribution in [2.75, 3.05) is 12.0 Å². The van der Waals surface area contributed by atoms with Gasteiger partial charge in [-0.15, -0.1) is 0 Å². The van der Waals surface area contributed by atoms with Crippen molar-refractivity contribution in [1.82, 2.24) is 4.98 Å². The molecule has 1 rings (SSSR count). The molecule has 72 valence electrons. The molecule has 0 radical (unpaired) electrons. The van der Waals surface area contributed by atoms with Crippen LogP contribution in [0.3, 0.4) is 0 Å². The molecule has 1 aromatic rings. The number of nitrogens with zero attached hydrogens (tertiary/aromatic N) is 1. The normalized spacial score (nSPS) is 11.5. The van der Waals surface area contributed by atoms with Crippen LogP contribution in [0.5, 0.6) is 0 Å². The molecule has 3 nitrogen and oxygen atoms in total. The van der Waals surface area contributed by atoms with Gasteiger partial charge in [0.05, 0.1) is 5.75 Å². The second-order valence-corrected chi connectivity index (χ2v) is 5.94. The fourth-order valence-electron chi connectivity index (χ4n) is 0.901. The molecule has 0 amide bonds. The summed E-state index contributed by atoms with van der Waals surface area (Å²) in [6.07, 6.45) is 3.44. The van der Waals surface area contributed by atoms with E-state index in [9.17, 15) is 8.42 Å². The number of pyridine rings is 1. The standard InChI is InChI=1S/C8H10BrNO2S/c1-13(11,12)5-3-7-2-4-10-8(9)6-7/h2,4,6H,3,5H2,1H3. The topological polar surface area (TPSA) is 47.0 Å². The van der Waals surface area contributed by atoms with Crippen molar-refractivity contribution in [3.8, 4) is 0 Å². The van der Waals surface area contributed by atoms with Crippen molar-refractivity contribution in [1.29, 1.82) is 0 Å². The van der Waals surface area contributed by atoms with E-state index in [0.29, 0.717) is 6.42 Å². The van der Waals surface area contributed by atoms with E-state index >= 15 is 0 Å². The highest BCUT2D eigenvalue weighted by molar-refractivity contribution is 9.10. The van der Waals surface area contributed by atoms with Gasteiger partial charge in [-0.1, -0.05) is 0 Å². The number of halogens is 1. The van der Waals surface area contributed by atoms with Crippen LogP contribution in [0.1, 0.15) is 5.56 Å². The highest BCUT2D eigenvalue weighted by Gasteiger charge is 2.02. The Kier molecular flexibility index (Phi) is 3.44. The summed E-state index contributed by atoms with van der Waals surface area (Å²) in [5.41, 5.74) is 0.979. The molecule has 1 aromatic heterocycles. The van der Waals surface area contributed by atoms with Gasteiger partial charge in [-0.3, -0.25) is 0 Å². The van der Waals surface area contributed by atoms with Gasteiger partial charge >= 0.3 is 0 Å². The van der Waals surface area contributed by atoms with Gasteiger partial charge in [0.15, 0.2) is 0 Å². The molecule has 0 unspecified atom stereocenters. The van der Waals surface area contributed by atoms with Gasteiger partial charge in [-0.05, 0) is 40.0 Å². The monoisotopic (exact) mass is 263 g/mol. The summed E-state index contributed by atoms with van der Waals surface area (Å²) < 4.78 is 22.5.